The van der Waals surface area contributed by atoms with Crippen LogP contribution in [0.5, 0.6) is 34.5 Å². The molecule has 7 nitrogen and oxygen atoms in total. The molecule has 0 saturated heterocycles. The van der Waals surface area contributed by atoms with E-state index >= 15 is 0 Å². The van der Waals surface area contributed by atoms with Gasteiger partial charge in [-0.15, -0.1) is 0 Å². The van der Waals surface area contributed by atoms with E-state index in [2.05, 4.69) is 0 Å². The summed E-state index contributed by atoms with van der Waals surface area (Å²) in [5.41, 5.74) is 0.885. The second-order valence-corrected chi connectivity index (χ2v) is 5.37. The van der Waals surface area contributed by atoms with Gasteiger partial charge in [0.15, 0.2) is 23.4 Å². The van der Waals surface area contributed by atoms with Crippen LogP contribution < -0.4 is 4.74 Å². The van der Waals surface area contributed by atoms with Crippen molar-refractivity contribution in [1.29, 1.82) is 0 Å². The molecule has 0 amide bonds. The van der Waals surface area contributed by atoms with Gasteiger partial charge < -0.3 is 35.0 Å². The third-order valence-electron chi connectivity index (χ3n) is 3.89. The molecule has 0 bridgehead atoms. The van der Waals surface area contributed by atoms with Crippen molar-refractivity contribution < 1.29 is 35.0 Å². The molecule has 0 aliphatic carbocycles. The first-order valence-electron chi connectivity index (χ1n) is 6.90. The van der Waals surface area contributed by atoms with Crippen molar-refractivity contribution in [2.45, 2.75) is 18.6 Å². The van der Waals surface area contributed by atoms with Gasteiger partial charge in [-0.2, -0.15) is 0 Å². The maximum Gasteiger partial charge on any atom is 0.200 e. The summed E-state index contributed by atoms with van der Waals surface area (Å²) in [6.07, 6.45) is -0.891. The quantitative estimate of drug-likeness (QED) is 0.536. The van der Waals surface area contributed by atoms with Gasteiger partial charge in [-0.3, -0.25) is 0 Å². The Kier molecular flexibility index (Phi) is 3.57. The van der Waals surface area contributed by atoms with E-state index in [1.165, 1.54) is 31.4 Å². The number of phenolic OH excluding ortho intramolecular Hbond substituents is 5. The summed E-state index contributed by atoms with van der Waals surface area (Å²) in [7, 11) is 1.48. The lowest BCUT2D eigenvalue weighted by Gasteiger charge is -2.33. The van der Waals surface area contributed by atoms with Crippen LogP contribution in [-0.2, 0) is 11.2 Å². The molecule has 122 valence electrons. The second kappa shape index (κ2) is 5.44. The number of phenols is 5. The van der Waals surface area contributed by atoms with Crippen molar-refractivity contribution >= 4 is 0 Å². The molecule has 0 saturated carbocycles. The highest BCUT2D eigenvalue weighted by Gasteiger charge is 2.34. The molecular formula is C16H16O7. The van der Waals surface area contributed by atoms with Crippen LogP contribution in [0.4, 0.5) is 0 Å². The normalized spacial score (nSPS) is 19.9. The molecule has 0 spiro atoms. The van der Waals surface area contributed by atoms with Crippen LogP contribution >= 0.6 is 0 Å². The third kappa shape index (κ3) is 2.55. The minimum Gasteiger partial charge on any atom is -0.508 e. The summed E-state index contributed by atoms with van der Waals surface area (Å²) in [5.74, 6) is -1.54. The zero-order valence-corrected chi connectivity index (χ0v) is 12.2. The Balaban J connectivity index is 2.05. The molecule has 1 heterocycles. The standard InChI is InChI=1S/C16H16O7/c1-22-14-6-9-10(18)4-8(17)5-13(9)23-16(14)7-2-11(19)15(21)12(20)3-7/h2-5,14,16-21H,6H2,1H3/t14-,16-/m1/s1. The zero-order chi connectivity index (χ0) is 16.7. The van der Waals surface area contributed by atoms with Gasteiger partial charge in [0.2, 0.25) is 0 Å². The van der Waals surface area contributed by atoms with E-state index in [0.29, 0.717) is 17.5 Å². The molecule has 2 atom stereocenters. The van der Waals surface area contributed by atoms with E-state index in [1.54, 1.807) is 0 Å². The average molecular weight is 320 g/mol. The number of ether oxygens (including phenoxy) is 2. The number of benzene rings is 2. The Morgan fingerprint density at radius 2 is 1.61 bits per heavy atom. The summed E-state index contributed by atoms with van der Waals surface area (Å²) >= 11 is 0. The largest absolute Gasteiger partial charge is 0.508 e. The predicted molar refractivity (Wildman–Crippen MR) is 79.1 cm³/mol. The summed E-state index contributed by atoms with van der Waals surface area (Å²) in [4.78, 5) is 0. The summed E-state index contributed by atoms with van der Waals surface area (Å²) < 4.78 is 11.2. The number of hydrogen-bond donors (Lipinski definition) is 5. The Bertz CT molecular complexity index is 733. The molecule has 2 aromatic rings. The molecular weight excluding hydrogens is 304 g/mol. The van der Waals surface area contributed by atoms with Crippen LogP contribution in [0, 0.1) is 0 Å². The van der Waals surface area contributed by atoms with Crippen LogP contribution in [0.25, 0.3) is 0 Å². The Morgan fingerprint density at radius 1 is 0.957 bits per heavy atom. The molecule has 0 unspecified atom stereocenters. The first-order chi connectivity index (χ1) is 10.9. The lowest BCUT2D eigenvalue weighted by atomic mass is 9.93. The minimum atomic E-state index is -0.703. The van der Waals surface area contributed by atoms with Crippen molar-refractivity contribution in [3.05, 3.63) is 35.4 Å². The van der Waals surface area contributed by atoms with Gasteiger partial charge in [0, 0.05) is 36.8 Å². The van der Waals surface area contributed by atoms with Gasteiger partial charge >= 0.3 is 0 Å². The summed E-state index contributed by atoms with van der Waals surface area (Å²) in [5, 5.41) is 48.3. The highest BCUT2D eigenvalue weighted by atomic mass is 16.5. The number of hydrogen-bond acceptors (Lipinski definition) is 7. The summed E-state index contributed by atoms with van der Waals surface area (Å²) in [6, 6.07) is 5.11. The number of aromatic hydroxyl groups is 5. The van der Waals surface area contributed by atoms with Crippen molar-refractivity contribution in [1.82, 2.24) is 0 Å². The van der Waals surface area contributed by atoms with Gasteiger partial charge in [0.25, 0.3) is 0 Å². The molecule has 0 fully saturated rings. The fraction of sp³-hybridized carbons (Fsp3) is 0.250. The van der Waals surface area contributed by atoms with E-state index in [4.69, 9.17) is 9.47 Å². The zero-order valence-electron chi connectivity index (χ0n) is 12.2. The summed E-state index contributed by atoms with van der Waals surface area (Å²) in [6.45, 7) is 0. The predicted octanol–water partition coefficient (Wildman–Crippen LogP) is 1.91. The van der Waals surface area contributed by atoms with Gasteiger partial charge in [-0.1, -0.05) is 0 Å². The van der Waals surface area contributed by atoms with E-state index in [0.717, 1.165) is 0 Å². The fourth-order valence-electron chi connectivity index (χ4n) is 2.73. The smallest absolute Gasteiger partial charge is 0.200 e. The molecule has 7 heteroatoms. The van der Waals surface area contributed by atoms with Crippen molar-refractivity contribution in [2.24, 2.45) is 0 Å². The van der Waals surface area contributed by atoms with E-state index in [-0.39, 0.29) is 17.2 Å². The van der Waals surface area contributed by atoms with Gasteiger partial charge in [0.05, 0.1) is 0 Å². The van der Waals surface area contributed by atoms with Gasteiger partial charge in [-0.05, 0) is 12.1 Å². The topological polar surface area (TPSA) is 120 Å². The Labute approximate surface area is 131 Å². The number of rotatable bonds is 2. The lowest BCUT2D eigenvalue weighted by Crippen LogP contribution is -2.32. The average Bonchev–Trinajstić information content (AvgIpc) is 2.50. The first-order valence-corrected chi connectivity index (χ1v) is 6.90. The minimum absolute atomic E-state index is 0.100. The highest BCUT2D eigenvalue weighted by Crippen LogP contribution is 2.45. The van der Waals surface area contributed by atoms with E-state index < -0.39 is 29.5 Å². The molecule has 3 rings (SSSR count). The Morgan fingerprint density at radius 3 is 2.22 bits per heavy atom. The van der Waals surface area contributed by atoms with Crippen LogP contribution in [0.2, 0.25) is 0 Å². The molecule has 5 N–H and O–H groups in total. The molecule has 1 aliphatic rings. The van der Waals surface area contributed by atoms with Crippen molar-refractivity contribution in [3.8, 4) is 34.5 Å². The molecule has 2 aromatic carbocycles. The first kappa shape index (κ1) is 15.1. The molecule has 0 aromatic heterocycles. The van der Waals surface area contributed by atoms with E-state index in [1.807, 2.05) is 0 Å². The Hall–Kier alpha value is -2.80. The van der Waals surface area contributed by atoms with Crippen LogP contribution in [-0.4, -0.2) is 38.7 Å². The lowest BCUT2D eigenvalue weighted by molar-refractivity contribution is -0.0123. The van der Waals surface area contributed by atoms with Gasteiger partial charge in [0.1, 0.15) is 23.4 Å². The SMILES string of the molecule is CO[C@@H]1Cc2c(O)cc(O)cc2O[C@@H]1c1cc(O)c(O)c(O)c1. The molecule has 0 radical (unpaired) electrons. The van der Waals surface area contributed by atoms with Gasteiger partial charge in [-0.25, -0.2) is 0 Å². The fourth-order valence-corrected chi connectivity index (χ4v) is 2.73. The van der Waals surface area contributed by atoms with Crippen LogP contribution in [0.1, 0.15) is 17.2 Å². The highest BCUT2D eigenvalue weighted by molar-refractivity contribution is 5.54. The molecule has 23 heavy (non-hydrogen) atoms. The second-order valence-electron chi connectivity index (χ2n) is 5.37. The maximum absolute atomic E-state index is 9.92. The van der Waals surface area contributed by atoms with E-state index in [9.17, 15) is 25.5 Å². The number of methoxy groups -OCH3 is 1. The van der Waals surface area contributed by atoms with Crippen LogP contribution in [0.3, 0.4) is 0 Å². The monoisotopic (exact) mass is 320 g/mol. The number of fused-ring (bicyclic) bond motifs is 1. The molecule has 1 aliphatic heterocycles. The van der Waals surface area contributed by atoms with Crippen LogP contribution in [0.15, 0.2) is 24.3 Å². The van der Waals surface area contributed by atoms with Crippen molar-refractivity contribution in [2.75, 3.05) is 7.11 Å². The maximum atomic E-state index is 9.92. The van der Waals surface area contributed by atoms with Crippen molar-refractivity contribution in [3.63, 3.8) is 0 Å². The third-order valence-corrected chi connectivity index (χ3v) is 3.89.